The lowest BCUT2D eigenvalue weighted by Crippen LogP contribution is -2.28. The molecule has 0 aromatic rings. The van der Waals surface area contributed by atoms with E-state index in [0.29, 0.717) is 6.42 Å². The number of rotatable bonds is 2. The highest BCUT2D eigenvalue weighted by molar-refractivity contribution is 5.80. The summed E-state index contributed by atoms with van der Waals surface area (Å²) in [7, 11) is 4.88. The van der Waals surface area contributed by atoms with E-state index in [-0.39, 0.29) is 23.7 Å². The molecule has 0 aromatic heterocycles. The number of esters is 1. The summed E-state index contributed by atoms with van der Waals surface area (Å²) in [6.45, 7) is 0. The van der Waals surface area contributed by atoms with Crippen LogP contribution in [0.2, 0.25) is 0 Å². The highest BCUT2D eigenvalue weighted by Gasteiger charge is 2.34. The molecule has 0 saturated heterocycles. The third-order valence-electron chi connectivity index (χ3n) is 2.76. The summed E-state index contributed by atoms with van der Waals surface area (Å²) in [5.41, 5.74) is 0. The topological polar surface area (TPSA) is 46.6 Å². The average molecular weight is 199 g/mol. The maximum absolute atomic E-state index is 11.6. The molecule has 1 saturated carbocycles. The van der Waals surface area contributed by atoms with Gasteiger partial charge in [-0.05, 0) is 19.3 Å². The fourth-order valence-electron chi connectivity index (χ4n) is 1.95. The van der Waals surface area contributed by atoms with Crippen LogP contribution in [0.5, 0.6) is 0 Å². The van der Waals surface area contributed by atoms with Gasteiger partial charge in [0, 0.05) is 20.0 Å². The molecule has 14 heavy (non-hydrogen) atoms. The molecule has 1 rings (SSSR count). The van der Waals surface area contributed by atoms with E-state index in [1.807, 2.05) is 0 Å². The average Bonchev–Trinajstić information content (AvgIpc) is 2.64. The quantitative estimate of drug-likeness (QED) is 0.614. The van der Waals surface area contributed by atoms with Gasteiger partial charge in [-0.2, -0.15) is 0 Å². The molecular weight excluding hydrogens is 182 g/mol. The SMILES string of the molecule is COC(=O)[C@H]1CC[C@@H](C(=O)N(C)C)C1. The van der Waals surface area contributed by atoms with E-state index < -0.39 is 0 Å². The minimum Gasteiger partial charge on any atom is -0.469 e. The largest absolute Gasteiger partial charge is 0.469 e. The fraction of sp³-hybridized carbons (Fsp3) is 0.800. The van der Waals surface area contributed by atoms with Gasteiger partial charge in [-0.15, -0.1) is 0 Å². The summed E-state index contributed by atoms with van der Waals surface area (Å²) in [6, 6.07) is 0. The summed E-state index contributed by atoms with van der Waals surface area (Å²) < 4.78 is 4.66. The van der Waals surface area contributed by atoms with Gasteiger partial charge in [-0.3, -0.25) is 9.59 Å². The van der Waals surface area contributed by atoms with Gasteiger partial charge < -0.3 is 9.64 Å². The molecule has 0 spiro atoms. The van der Waals surface area contributed by atoms with Crippen molar-refractivity contribution < 1.29 is 14.3 Å². The third kappa shape index (κ3) is 2.25. The van der Waals surface area contributed by atoms with E-state index in [2.05, 4.69) is 4.74 Å². The lowest BCUT2D eigenvalue weighted by atomic mass is 10.0. The Kier molecular flexibility index (Phi) is 3.49. The number of hydrogen-bond acceptors (Lipinski definition) is 3. The maximum atomic E-state index is 11.6. The van der Waals surface area contributed by atoms with Crippen molar-refractivity contribution in [2.45, 2.75) is 19.3 Å². The molecule has 80 valence electrons. The summed E-state index contributed by atoms with van der Waals surface area (Å²) in [4.78, 5) is 24.4. The van der Waals surface area contributed by atoms with Gasteiger partial charge in [0.05, 0.1) is 13.0 Å². The van der Waals surface area contributed by atoms with Gasteiger partial charge in [-0.1, -0.05) is 0 Å². The van der Waals surface area contributed by atoms with Gasteiger partial charge in [-0.25, -0.2) is 0 Å². The Bertz CT molecular complexity index is 238. The van der Waals surface area contributed by atoms with Crippen LogP contribution in [0.1, 0.15) is 19.3 Å². The van der Waals surface area contributed by atoms with Gasteiger partial charge in [0.2, 0.25) is 5.91 Å². The molecule has 0 heterocycles. The number of hydrogen-bond donors (Lipinski definition) is 0. The lowest BCUT2D eigenvalue weighted by Gasteiger charge is -2.15. The van der Waals surface area contributed by atoms with Crippen molar-refractivity contribution in [3.8, 4) is 0 Å². The third-order valence-corrected chi connectivity index (χ3v) is 2.76. The van der Waals surface area contributed by atoms with E-state index in [9.17, 15) is 9.59 Å². The molecule has 0 bridgehead atoms. The van der Waals surface area contributed by atoms with Crippen molar-refractivity contribution >= 4 is 11.9 Å². The van der Waals surface area contributed by atoms with Crippen LogP contribution >= 0.6 is 0 Å². The normalized spacial score (nSPS) is 25.9. The summed E-state index contributed by atoms with van der Waals surface area (Å²) in [5, 5.41) is 0. The smallest absolute Gasteiger partial charge is 0.308 e. The number of carbonyl (C=O) groups excluding carboxylic acids is 2. The molecule has 0 radical (unpaired) electrons. The van der Waals surface area contributed by atoms with Crippen LogP contribution in [0, 0.1) is 11.8 Å². The molecule has 0 N–H and O–H groups in total. The molecule has 1 fully saturated rings. The number of ether oxygens (including phenoxy) is 1. The van der Waals surface area contributed by atoms with Crippen LogP contribution in [0.15, 0.2) is 0 Å². The maximum Gasteiger partial charge on any atom is 0.308 e. The highest BCUT2D eigenvalue weighted by atomic mass is 16.5. The van der Waals surface area contributed by atoms with Crippen molar-refractivity contribution in [1.29, 1.82) is 0 Å². The monoisotopic (exact) mass is 199 g/mol. The summed E-state index contributed by atoms with van der Waals surface area (Å²) in [5.74, 6) is -0.126. The molecular formula is C10H17NO3. The second-order valence-corrected chi connectivity index (χ2v) is 3.96. The second-order valence-electron chi connectivity index (χ2n) is 3.96. The van der Waals surface area contributed by atoms with Crippen LogP contribution in [-0.2, 0) is 14.3 Å². The summed E-state index contributed by atoms with van der Waals surface area (Å²) in [6.07, 6.45) is 2.22. The predicted octanol–water partition coefficient (Wildman–Crippen LogP) is 0.664. The van der Waals surface area contributed by atoms with Gasteiger partial charge in [0.25, 0.3) is 0 Å². The van der Waals surface area contributed by atoms with E-state index in [0.717, 1.165) is 12.8 Å². The molecule has 0 aliphatic heterocycles. The Morgan fingerprint density at radius 2 is 1.79 bits per heavy atom. The highest BCUT2D eigenvalue weighted by Crippen LogP contribution is 2.32. The zero-order valence-electron chi connectivity index (χ0n) is 8.95. The van der Waals surface area contributed by atoms with Crippen molar-refractivity contribution in [3.63, 3.8) is 0 Å². The first kappa shape index (κ1) is 11.0. The zero-order valence-corrected chi connectivity index (χ0v) is 8.95. The molecule has 0 aromatic carbocycles. The van der Waals surface area contributed by atoms with Crippen LogP contribution < -0.4 is 0 Å². The zero-order chi connectivity index (χ0) is 10.7. The first-order valence-corrected chi connectivity index (χ1v) is 4.85. The van der Waals surface area contributed by atoms with E-state index in [4.69, 9.17) is 0 Å². The molecule has 2 atom stereocenters. The van der Waals surface area contributed by atoms with Crippen LogP contribution in [-0.4, -0.2) is 38.0 Å². The number of nitrogens with zero attached hydrogens (tertiary/aromatic N) is 1. The second kappa shape index (κ2) is 4.44. The molecule has 1 amide bonds. The Morgan fingerprint density at radius 1 is 1.21 bits per heavy atom. The van der Waals surface area contributed by atoms with Crippen LogP contribution in [0.3, 0.4) is 0 Å². The van der Waals surface area contributed by atoms with Gasteiger partial charge in [0.15, 0.2) is 0 Å². The van der Waals surface area contributed by atoms with E-state index >= 15 is 0 Å². The van der Waals surface area contributed by atoms with Gasteiger partial charge in [0.1, 0.15) is 0 Å². The van der Waals surface area contributed by atoms with Crippen molar-refractivity contribution in [2.24, 2.45) is 11.8 Å². The lowest BCUT2D eigenvalue weighted by molar-refractivity contribution is -0.145. The predicted molar refractivity (Wildman–Crippen MR) is 51.5 cm³/mol. The Morgan fingerprint density at radius 3 is 2.29 bits per heavy atom. The van der Waals surface area contributed by atoms with Crippen molar-refractivity contribution in [2.75, 3.05) is 21.2 Å². The fourth-order valence-corrected chi connectivity index (χ4v) is 1.95. The van der Waals surface area contributed by atoms with Gasteiger partial charge >= 0.3 is 5.97 Å². The number of amides is 1. The van der Waals surface area contributed by atoms with Crippen LogP contribution in [0.25, 0.3) is 0 Å². The number of carbonyl (C=O) groups is 2. The molecule has 1 aliphatic rings. The molecule has 0 unspecified atom stereocenters. The van der Waals surface area contributed by atoms with Crippen LogP contribution in [0.4, 0.5) is 0 Å². The Labute approximate surface area is 84.2 Å². The van der Waals surface area contributed by atoms with Crippen molar-refractivity contribution in [3.05, 3.63) is 0 Å². The molecule has 4 heteroatoms. The summed E-state index contributed by atoms with van der Waals surface area (Å²) >= 11 is 0. The van der Waals surface area contributed by atoms with Crippen molar-refractivity contribution in [1.82, 2.24) is 4.90 Å². The molecule has 4 nitrogen and oxygen atoms in total. The Balaban J connectivity index is 2.49. The minimum atomic E-state index is -0.181. The minimum absolute atomic E-state index is 0.00843. The van der Waals surface area contributed by atoms with E-state index in [1.54, 1.807) is 19.0 Å². The first-order chi connectivity index (χ1) is 6.56. The first-order valence-electron chi connectivity index (χ1n) is 4.85. The van der Waals surface area contributed by atoms with E-state index in [1.165, 1.54) is 7.11 Å². The Hall–Kier alpha value is -1.06. The standard InChI is InChI=1S/C10H17NO3/c1-11(2)9(12)7-4-5-8(6-7)10(13)14-3/h7-8H,4-6H2,1-3H3/t7-,8+/m1/s1. The number of methoxy groups -OCH3 is 1. The molecule has 1 aliphatic carbocycles.